The van der Waals surface area contributed by atoms with Crippen molar-refractivity contribution < 1.29 is 9.59 Å². The molecule has 25 heavy (non-hydrogen) atoms. The van der Waals surface area contributed by atoms with Crippen molar-refractivity contribution in [3.63, 3.8) is 0 Å². The quantitative estimate of drug-likeness (QED) is 0.591. The highest BCUT2D eigenvalue weighted by Gasteiger charge is 2.43. The minimum Gasteiger partial charge on any atom is -0.282 e. The zero-order valence-electron chi connectivity index (χ0n) is 13.8. The average Bonchev–Trinajstić information content (AvgIpc) is 2.85. The van der Waals surface area contributed by atoms with Gasteiger partial charge in [0.15, 0.2) is 5.38 Å². The summed E-state index contributed by atoms with van der Waals surface area (Å²) < 4.78 is 0. The number of alkyl halides is 1. The third-order valence-electron chi connectivity index (χ3n) is 4.18. The fraction of sp³-hybridized carbons (Fsp3) is 0.250. The predicted octanol–water partition coefficient (Wildman–Crippen LogP) is 2.89. The van der Waals surface area contributed by atoms with Crippen molar-refractivity contribution in [2.75, 3.05) is 13.1 Å². The van der Waals surface area contributed by atoms with Crippen LogP contribution in [0.2, 0.25) is 0 Å². The summed E-state index contributed by atoms with van der Waals surface area (Å²) in [5.41, 5.74) is 2.37. The summed E-state index contributed by atoms with van der Waals surface area (Å²) in [4.78, 5) is 30.3. The van der Waals surface area contributed by atoms with Gasteiger partial charge in [0.1, 0.15) is 5.71 Å². The number of hydrogen-bond donors (Lipinski definition) is 0. The molecule has 0 N–H and O–H groups in total. The maximum atomic E-state index is 12.5. The van der Waals surface area contributed by atoms with Gasteiger partial charge in [-0.25, -0.2) is 0 Å². The summed E-state index contributed by atoms with van der Waals surface area (Å²) in [5, 5.41) is -0.973. The second kappa shape index (κ2) is 8.08. The van der Waals surface area contributed by atoms with Gasteiger partial charge in [-0.05, 0) is 24.0 Å². The largest absolute Gasteiger partial charge is 0.282 e. The summed E-state index contributed by atoms with van der Waals surface area (Å²) in [6.45, 7) is 0.761. The monoisotopic (exact) mass is 354 g/mol. The first-order valence-corrected chi connectivity index (χ1v) is 8.72. The van der Waals surface area contributed by atoms with Crippen molar-refractivity contribution in [3.05, 3.63) is 71.8 Å². The molecule has 0 aromatic heterocycles. The molecule has 1 atom stereocenters. The third-order valence-corrected chi connectivity index (χ3v) is 4.57. The van der Waals surface area contributed by atoms with Gasteiger partial charge >= 0.3 is 0 Å². The fourth-order valence-corrected chi connectivity index (χ4v) is 3.08. The van der Waals surface area contributed by atoms with Crippen LogP contribution in [0.5, 0.6) is 0 Å². The van der Waals surface area contributed by atoms with E-state index in [1.807, 2.05) is 60.7 Å². The zero-order valence-corrected chi connectivity index (χ0v) is 14.5. The molecular weight excluding hydrogens is 336 g/mol. The molecule has 1 unspecified atom stereocenters. The number of hydrogen-bond acceptors (Lipinski definition) is 3. The molecule has 2 amide bonds. The van der Waals surface area contributed by atoms with E-state index in [2.05, 4.69) is 4.99 Å². The van der Waals surface area contributed by atoms with Crippen molar-refractivity contribution in [2.24, 2.45) is 4.99 Å². The van der Waals surface area contributed by atoms with Crippen molar-refractivity contribution in [2.45, 2.75) is 18.2 Å². The van der Waals surface area contributed by atoms with Crippen LogP contribution >= 0.6 is 11.6 Å². The van der Waals surface area contributed by atoms with E-state index in [0.29, 0.717) is 25.9 Å². The third kappa shape index (κ3) is 4.15. The number of halogens is 1. The molecule has 2 aromatic rings. The lowest BCUT2D eigenvalue weighted by Crippen LogP contribution is -2.33. The number of carbonyl (C=O) groups excluding carboxylic acids is 2. The molecule has 2 aromatic carbocycles. The Balaban J connectivity index is 1.62. The first-order valence-electron chi connectivity index (χ1n) is 8.29. The van der Waals surface area contributed by atoms with Crippen LogP contribution in [0.1, 0.15) is 11.1 Å². The minimum absolute atomic E-state index is 0.163. The van der Waals surface area contributed by atoms with E-state index in [1.54, 1.807) is 0 Å². The summed E-state index contributed by atoms with van der Waals surface area (Å²) in [6, 6.07) is 19.6. The Labute approximate surface area is 152 Å². The molecule has 0 spiro atoms. The highest BCUT2D eigenvalue weighted by Crippen LogP contribution is 2.18. The Morgan fingerprint density at radius 2 is 1.44 bits per heavy atom. The van der Waals surface area contributed by atoms with E-state index >= 15 is 0 Å². The van der Waals surface area contributed by atoms with Crippen LogP contribution in [-0.4, -0.2) is 40.9 Å². The molecule has 1 heterocycles. The molecule has 4 nitrogen and oxygen atoms in total. The molecule has 5 heteroatoms. The second-order valence-electron chi connectivity index (χ2n) is 5.90. The molecule has 0 bridgehead atoms. The van der Waals surface area contributed by atoms with Gasteiger partial charge in [-0.2, -0.15) is 0 Å². The maximum absolute atomic E-state index is 12.5. The number of aliphatic imine (C=N–C) groups is 1. The molecule has 0 saturated carbocycles. The van der Waals surface area contributed by atoms with Crippen LogP contribution in [-0.2, 0) is 22.4 Å². The van der Waals surface area contributed by atoms with Crippen LogP contribution in [0.25, 0.3) is 0 Å². The van der Waals surface area contributed by atoms with Gasteiger partial charge in [0.05, 0.1) is 0 Å². The fourth-order valence-electron chi connectivity index (χ4n) is 2.80. The molecule has 0 aliphatic carbocycles. The van der Waals surface area contributed by atoms with Gasteiger partial charge in [-0.3, -0.25) is 19.5 Å². The highest BCUT2D eigenvalue weighted by atomic mass is 35.5. The summed E-state index contributed by atoms with van der Waals surface area (Å²) in [7, 11) is 0. The van der Waals surface area contributed by atoms with Gasteiger partial charge in [0.25, 0.3) is 11.8 Å². The van der Waals surface area contributed by atoms with Crippen LogP contribution in [0.3, 0.4) is 0 Å². The molecule has 1 aliphatic heterocycles. The van der Waals surface area contributed by atoms with E-state index in [9.17, 15) is 9.59 Å². The Morgan fingerprint density at radius 3 is 2.04 bits per heavy atom. The van der Waals surface area contributed by atoms with Crippen LogP contribution in [0.15, 0.2) is 65.7 Å². The predicted molar refractivity (Wildman–Crippen MR) is 99.0 cm³/mol. The Hall–Kier alpha value is -2.46. The Bertz CT molecular complexity index is 775. The average molecular weight is 355 g/mol. The smallest absolute Gasteiger partial charge is 0.276 e. The summed E-state index contributed by atoms with van der Waals surface area (Å²) >= 11 is 6.14. The van der Waals surface area contributed by atoms with E-state index in [4.69, 9.17) is 11.6 Å². The number of rotatable bonds is 6. The number of imide groups is 1. The van der Waals surface area contributed by atoms with Crippen molar-refractivity contribution >= 4 is 29.1 Å². The van der Waals surface area contributed by atoms with E-state index < -0.39 is 5.38 Å². The van der Waals surface area contributed by atoms with Crippen molar-refractivity contribution in [3.8, 4) is 0 Å². The van der Waals surface area contributed by atoms with E-state index in [0.717, 1.165) is 11.1 Å². The van der Waals surface area contributed by atoms with Gasteiger partial charge in [-0.1, -0.05) is 60.7 Å². The number of nitrogens with zero attached hydrogens (tertiary/aromatic N) is 2. The molecule has 0 radical (unpaired) electrons. The zero-order chi connectivity index (χ0) is 17.6. The van der Waals surface area contributed by atoms with E-state index in [-0.39, 0.29) is 17.5 Å². The summed E-state index contributed by atoms with van der Waals surface area (Å²) in [6.07, 6.45) is 1.32. The topological polar surface area (TPSA) is 49.7 Å². The molecule has 1 fully saturated rings. The Kier molecular flexibility index (Phi) is 5.61. The van der Waals surface area contributed by atoms with Crippen molar-refractivity contribution in [1.82, 2.24) is 4.90 Å². The van der Waals surface area contributed by atoms with Gasteiger partial charge in [-0.15, -0.1) is 11.6 Å². The van der Waals surface area contributed by atoms with Gasteiger partial charge in [0, 0.05) is 13.1 Å². The number of likely N-dealkylation sites (tertiary alicyclic amines) is 1. The number of amides is 2. The number of carbonyl (C=O) groups is 2. The van der Waals surface area contributed by atoms with Crippen LogP contribution in [0.4, 0.5) is 0 Å². The molecule has 128 valence electrons. The maximum Gasteiger partial charge on any atom is 0.276 e. The van der Waals surface area contributed by atoms with Crippen molar-refractivity contribution in [1.29, 1.82) is 0 Å². The lowest BCUT2D eigenvalue weighted by Gasteiger charge is -2.12. The Morgan fingerprint density at radius 1 is 0.880 bits per heavy atom. The summed E-state index contributed by atoms with van der Waals surface area (Å²) in [5.74, 6) is -0.741. The standard InChI is InChI=1S/C20H19ClN2O2/c21-17-18(22-13-11-15-7-3-1-4-8-15)20(25)23(19(17)24)14-12-16-9-5-2-6-10-16/h1-10,17H,11-14H2. The molecule has 1 saturated heterocycles. The van der Waals surface area contributed by atoms with Crippen LogP contribution in [0, 0.1) is 0 Å². The number of benzene rings is 2. The second-order valence-corrected chi connectivity index (χ2v) is 6.33. The molecular formula is C20H19ClN2O2. The van der Waals surface area contributed by atoms with Gasteiger partial charge in [0.2, 0.25) is 0 Å². The first-order chi connectivity index (χ1) is 12.2. The lowest BCUT2D eigenvalue weighted by atomic mass is 10.1. The highest BCUT2D eigenvalue weighted by molar-refractivity contribution is 6.63. The minimum atomic E-state index is -0.973. The SMILES string of the molecule is O=C1C(=NCCc2ccccc2)C(Cl)C(=O)N1CCc1ccccc1. The first kappa shape index (κ1) is 17.4. The van der Waals surface area contributed by atoms with E-state index in [1.165, 1.54) is 4.90 Å². The van der Waals surface area contributed by atoms with Gasteiger partial charge < -0.3 is 0 Å². The van der Waals surface area contributed by atoms with Crippen LogP contribution < -0.4 is 0 Å². The normalized spacial score (nSPS) is 19.0. The molecule has 3 rings (SSSR count). The lowest BCUT2D eigenvalue weighted by molar-refractivity contribution is -0.136. The molecule has 1 aliphatic rings.